The van der Waals surface area contributed by atoms with Crippen LogP contribution in [-0.4, -0.2) is 64.9 Å². The standard InChI is InChI=1S/C16H26N6O2/c1-11(15(24)20-16(2,3)4)19-12-8-13(18-10-17-12)22-7-6-21(5)14(23)9-22/h8,10-11H,6-7,9H2,1-5H3,(H,20,24)(H,17,18,19). The molecule has 0 radical (unpaired) electrons. The molecule has 1 aromatic rings. The summed E-state index contributed by atoms with van der Waals surface area (Å²) >= 11 is 0. The van der Waals surface area contributed by atoms with Crippen molar-refractivity contribution in [3.05, 3.63) is 12.4 Å². The molecule has 2 amide bonds. The number of piperazine rings is 1. The minimum Gasteiger partial charge on any atom is -0.358 e. The summed E-state index contributed by atoms with van der Waals surface area (Å²) in [6, 6.07) is 1.33. The van der Waals surface area contributed by atoms with Crippen molar-refractivity contribution in [1.82, 2.24) is 20.2 Å². The number of hydrogen-bond acceptors (Lipinski definition) is 6. The van der Waals surface area contributed by atoms with Crippen LogP contribution in [0.4, 0.5) is 11.6 Å². The lowest BCUT2D eigenvalue weighted by atomic mass is 10.1. The second kappa shape index (κ2) is 7.02. The van der Waals surface area contributed by atoms with E-state index in [4.69, 9.17) is 0 Å². The van der Waals surface area contributed by atoms with Crippen molar-refractivity contribution >= 4 is 23.5 Å². The summed E-state index contributed by atoms with van der Waals surface area (Å²) in [7, 11) is 1.79. The first-order valence-electron chi connectivity index (χ1n) is 8.05. The van der Waals surface area contributed by atoms with Crippen molar-refractivity contribution < 1.29 is 9.59 Å². The summed E-state index contributed by atoms with van der Waals surface area (Å²) in [4.78, 5) is 36.0. The lowest BCUT2D eigenvalue weighted by molar-refractivity contribution is -0.129. The zero-order chi connectivity index (χ0) is 17.9. The number of carbonyl (C=O) groups is 2. The molecular weight excluding hydrogens is 308 g/mol. The van der Waals surface area contributed by atoms with Crippen LogP contribution in [0.1, 0.15) is 27.7 Å². The molecule has 0 spiro atoms. The van der Waals surface area contributed by atoms with Crippen molar-refractivity contribution in [2.24, 2.45) is 0 Å². The van der Waals surface area contributed by atoms with E-state index in [0.717, 1.165) is 6.54 Å². The number of anilines is 2. The van der Waals surface area contributed by atoms with Gasteiger partial charge >= 0.3 is 0 Å². The number of likely N-dealkylation sites (N-methyl/N-ethyl adjacent to an activating group) is 1. The van der Waals surface area contributed by atoms with Gasteiger partial charge in [-0.15, -0.1) is 0 Å². The quantitative estimate of drug-likeness (QED) is 0.832. The van der Waals surface area contributed by atoms with Crippen LogP contribution >= 0.6 is 0 Å². The lowest BCUT2D eigenvalue weighted by Gasteiger charge is -2.32. The number of amides is 2. The van der Waals surface area contributed by atoms with E-state index in [9.17, 15) is 9.59 Å². The maximum Gasteiger partial charge on any atom is 0.242 e. The number of nitrogens with zero attached hydrogens (tertiary/aromatic N) is 4. The molecule has 1 fully saturated rings. The Kier molecular flexibility index (Phi) is 5.26. The predicted molar refractivity (Wildman–Crippen MR) is 92.9 cm³/mol. The fraction of sp³-hybridized carbons (Fsp3) is 0.625. The van der Waals surface area contributed by atoms with Gasteiger partial charge in [-0.05, 0) is 27.7 Å². The Bertz CT molecular complexity index is 613. The predicted octanol–water partition coefficient (Wildman–Crippen LogP) is 0.470. The Balaban J connectivity index is 2.02. The van der Waals surface area contributed by atoms with Crippen LogP contribution in [0.3, 0.4) is 0 Å². The molecule has 1 aliphatic rings. The molecule has 24 heavy (non-hydrogen) atoms. The van der Waals surface area contributed by atoms with Crippen LogP contribution in [0.15, 0.2) is 12.4 Å². The fourth-order valence-electron chi connectivity index (χ4n) is 2.32. The number of aromatic nitrogens is 2. The average molecular weight is 334 g/mol. The number of carbonyl (C=O) groups excluding carboxylic acids is 2. The fourth-order valence-corrected chi connectivity index (χ4v) is 2.32. The van der Waals surface area contributed by atoms with E-state index in [1.807, 2.05) is 25.7 Å². The number of nitrogens with one attached hydrogen (secondary N) is 2. The molecule has 0 bridgehead atoms. The average Bonchev–Trinajstić information content (AvgIpc) is 2.48. The first-order valence-corrected chi connectivity index (χ1v) is 8.05. The molecular formula is C16H26N6O2. The second-order valence-electron chi connectivity index (χ2n) is 7.10. The summed E-state index contributed by atoms with van der Waals surface area (Å²) < 4.78 is 0. The smallest absolute Gasteiger partial charge is 0.242 e. The molecule has 1 atom stereocenters. The van der Waals surface area contributed by atoms with Gasteiger partial charge in [-0.1, -0.05) is 0 Å². The molecule has 1 saturated heterocycles. The van der Waals surface area contributed by atoms with Crippen LogP contribution in [0, 0.1) is 0 Å². The minimum absolute atomic E-state index is 0.0623. The maximum atomic E-state index is 12.2. The zero-order valence-corrected chi connectivity index (χ0v) is 15.0. The van der Waals surface area contributed by atoms with Crippen LogP contribution in [0.2, 0.25) is 0 Å². The molecule has 1 aliphatic heterocycles. The van der Waals surface area contributed by atoms with Crippen molar-refractivity contribution in [3.63, 3.8) is 0 Å². The molecule has 1 aromatic heterocycles. The summed E-state index contributed by atoms with van der Waals surface area (Å²) in [5.74, 6) is 1.20. The summed E-state index contributed by atoms with van der Waals surface area (Å²) in [5, 5.41) is 6.00. The van der Waals surface area contributed by atoms with Crippen molar-refractivity contribution in [3.8, 4) is 0 Å². The van der Waals surface area contributed by atoms with Crippen molar-refractivity contribution in [1.29, 1.82) is 0 Å². The maximum absolute atomic E-state index is 12.2. The Labute approximate surface area is 142 Å². The van der Waals surface area contributed by atoms with Gasteiger partial charge < -0.3 is 20.4 Å². The number of hydrogen-bond donors (Lipinski definition) is 2. The van der Waals surface area contributed by atoms with Crippen LogP contribution in [0.25, 0.3) is 0 Å². The van der Waals surface area contributed by atoms with E-state index in [1.54, 1.807) is 24.9 Å². The Hall–Kier alpha value is -2.38. The highest BCUT2D eigenvalue weighted by atomic mass is 16.2. The van der Waals surface area contributed by atoms with Crippen molar-refractivity contribution in [2.75, 3.05) is 36.9 Å². The minimum atomic E-state index is -0.430. The Morgan fingerprint density at radius 2 is 2.00 bits per heavy atom. The zero-order valence-electron chi connectivity index (χ0n) is 15.0. The van der Waals surface area contributed by atoms with Gasteiger partial charge in [-0.3, -0.25) is 9.59 Å². The van der Waals surface area contributed by atoms with Gasteiger partial charge in [0.25, 0.3) is 0 Å². The third-order valence-electron chi connectivity index (χ3n) is 3.69. The Morgan fingerprint density at radius 1 is 1.29 bits per heavy atom. The van der Waals surface area contributed by atoms with Gasteiger partial charge in [0.1, 0.15) is 24.0 Å². The first-order chi connectivity index (χ1) is 11.2. The molecule has 0 aromatic carbocycles. The number of rotatable bonds is 4. The molecule has 8 heteroatoms. The van der Waals surface area contributed by atoms with E-state index in [1.165, 1.54) is 6.33 Å². The van der Waals surface area contributed by atoms with E-state index < -0.39 is 6.04 Å². The molecule has 132 valence electrons. The third-order valence-corrected chi connectivity index (χ3v) is 3.69. The Morgan fingerprint density at radius 3 is 2.62 bits per heavy atom. The molecule has 1 unspecified atom stereocenters. The van der Waals surface area contributed by atoms with E-state index in [2.05, 4.69) is 20.6 Å². The van der Waals surface area contributed by atoms with E-state index in [-0.39, 0.29) is 17.4 Å². The summed E-state index contributed by atoms with van der Waals surface area (Å²) in [6.07, 6.45) is 1.44. The van der Waals surface area contributed by atoms with Crippen LogP contribution in [-0.2, 0) is 9.59 Å². The topological polar surface area (TPSA) is 90.5 Å². The molecule has 8 nitrogen and oxygen atoms in total. The lowest BCUT2D eigenvalue weighted by Crippen LogP contribution is -2.49. The first kappa shape index (κ1) is 18.0. The summed E-state index contributed by atoms with van der Waals surface area (Å²) in [5.41, 5.74) is -0.288. The van der Waals surface area contributed by atoms with Gasteiger partial charge in [-0.2, -0.15) is 0 Å². The highest BCUT2D eigenvalue weighted by Crippen LogP contribution is 2.17. The molecule has 2 heterocycles. The van der Waals surface area contributed by atoms with Gasteiger partial charge in [0.05, 0.1) is 6.54 Å². The van der Waals surface area contributed by atoms with Crippen LogP contribution < -0.4 is 15.5 Å². The van der Waals surface area contributed by atoms with Gasteiger partial charge in [0, 0.05) is 31.7 Å². The molecule has 2 rings (SSSR count). The third kappa shape index (κ3) is 4.81. The van der Waals surface area contributed by atoms with Gasteiger partial charge in [-0.25, -0.2) is 9.97 Å². The summed E-state index contributed by atoms with van der Waals surface area (Å²) in [6.45, 7) is 9.27. The molecule has 2 N–H and O–H groups in total. The highest BCUT2D eigenvalue weighted by Gasteiger charge is 2.23. The monoisotopic (exact) mass is 334 g/mol. The van der Waals surface area contributed by atoms with Gasteiger partial charge in [0.15, 0.2) is 0 Å². The SMILES string of the molecule is CC(Nc1cc(N2CCN(C)C(=O)C2)ncn1)C(=O)NC(C)(C)C. The van der Waals surface area contributed by atoms with E-state index in [0.29, 0.717) is 24.7 Å². The second-order valence-corrected chi connectivity index (χ2v) is 7.10. The highest BCUT2D eigenvalue weighted by molar-refractivity contribution is 5.85. The van der Waals surface area contributed by atoms with Gasteiger partial charge in [0.2, 0.25) is 11.8 Å². The molecule has 0 saturated carbocycles. The largest absolute Gasteiger partial charge is 0.358 e. The van der Waals surface area contributed by atoms with E-state index >= 15 is 0 Å². The normalized spacial score (nSPS) is 16.8. The van der Waals surface area contributed by atoms with Crippen LogP contribution in [0.5, 0.6) is 0 Å². The van der Waals surface area contributed by atoms with Crippen molar-refractivity contribution in [2.45, 2.75) is 39.3 Å². The molecule has 0 aliphatic carbocycles.